The molecule has 3 aromatic rings. The average Bonchev–Trinajstić information content (AvgIpc) is 2.80. The maximum atomic E-state index is 12.7. The lowest BCUT2D eigenvalue weighted by atomic mass is 9.89. The molecule has 3 aromatic carbocycles. The third-order valence-electron chi connectivity index (χ3n) is 4.94. The molecule has 0 aliphatic rings. The summed E-state index contributed by atoms with van der Waals surface area (Å²) in [6.45, 7) is 0. The number of Topliss-reactive ketones (excluding diaryl/α,β-unsaturated/α-hetero) is 2. The molecule has 0 saturated carbocycles. The summed E-state index contributed by atoms with van der Waals surface area (Å²) in [5.41, 5.74) is 1.89. The van der Waals surface area contributed by atoms with Crippen LogP contribution in [-0.4, -0.2) is 17.3 Å². The maximum absolute atomic E-state index is 12.7. The number of carbonyl (C=O) groups excluding carboxylic acids is 3. The predicted molar refractivity (Wildman–Crippen MR) is 119 cm³/mol. The second-order valence-corrected chi connectivity index (χ2v) is 7.22. The van der Waals surface area contributed by atoms with E-state index in [9.17, 15) is 14.4 Å². The summed E-state index contributed by atoms with van der Waals surface area (Å²) in [6, 6.07) is 27.2. The van der Waals surface area contributed by atoms with E-state index in [4.69, 9.17) is 0 Å². The Hall–Kier alpha value is -3.59. The van der Waals surface area contributed by atoms with Crippen molar-refractivity contribution in [1.29, 1.82) is 0 Å². The summed E-state index contributed by atoms with van der Waals surface area (Å²) in [7, 11) is 0. The van der Waals surface area contributed by atoms with Gasteiger partial charge in [-0.25, -0.2) is 0 Å². The molecule has 0 heterocycles. The first-order valence-corrected chi connectivity index (χ1v) is 10.1. The number of rotatable bonds is 10. The van der Waals surface area contributed by atoms with Crippen LogP contribution in [0, 0.1) is 5.92 Å². The molecule has 0 radical (unpaired) electrons. The van der Waals surface area contributed by atoms with Gasteiger partial charge in [0, 0.05) is 29.5 Å². The van der Waals surface area contributed by atoms with E-state index in [2.05, 4.69) is 0 Å². The van der Waals surface area contributed by atoms with Crippen molar-refractivity contribution in [1.82, 2.24) is 0 Å². The summed E-state index contributed by atoms with van der Waals surface area (Å²) in [6.07, 6.45) is 4.30. The molecule has 150 valence electrons. The van der Waals surface area contributed by atoms with Crippen molar-refractivity contribution in [2.45, 2.75) is 19.3 Å². The minimum atomic E-state index is -0.176. The van der Waals surface area contributed by atoms with Crippen LogP contribution in [0.25, 0.3) is 0 Å². The van der Waals surface area contributed by atoms with Gasteiger partial charge in [-0.15, -0.1) is 0 Å². The molecule has 0 aromatic heterocycles. The van der Waals surface area contributed by atoms with Gasteiger partial charge in [0.25, 0.3) is 0 Å². The molecule has 0 atom stereocenters. The highest BCUT2D eigenvalue weighted by molar-refractivity contribution is 6.04. The standard InChI is InChI=1S/C27H24O3/c28-25(22-12-4-1-5-13-22)18-10-11-21(19-26(29)23-14-6-2-7-15-23)20-27(30)24-16-8-3-9-17-24/h1-10,12-18,21H,11,19-20H2/b18-10-. The summed E-state index contributed by atoms with van der Waals surface area (Å²) in [4.78, 5) is 37.7. The van der Waals surface area contributed by atoms with Crippen LogP contribution in [0.15, 0.2) is 103 Å². The molecule has 3 heteroatoms. The van der Waals surface area contributed by atoms with Crippen LogP contribution < -0.4 is 0 Å². The minimum Gasteiger partial charge on any atom is -0.294 e. The Morgan fingerprint density at radius 3 is 1.43 bits per heavy atom. The fraction of sp³-hybridized carbons (Fsp3) is 0.148. The fourth-order valence-electron chi connectivity index (χ4n) is 3.31. The lowest BCUT2D eigenvalue weighted by molar-refractivity contribution is 0.0922. The monoisotopic (exact) mass is 396 g/mol. The molecule has 0 N–H and O–H groups in total. The molecule has 0 saturated heterocycles. The summed E-state index contributed by atoms with van der Waals surface area (Å²) >= 11 is 0. The van der Waals surface area contributed by atoms with Crippen LogP contribution in [0.4, 0.5) is 0 Å². The van der Waals surface area contributed by atoms with Gasteiger partial charge in [-0.05, 0) is 18.4 Å². The minimum absolute atomic E-state index is 0.00393. The normalized spacial score (nSPS) is 11.0. The number of carbonyl (C=O) groups is 3. The zero-order valence-corrected chi connectivity index (χ0v) is 16.7. The topological polar surface area (TPSA) is 51.2 Å². The van der Waals surface area contributed by atoms with Gasteiger partial charge >= 0.3 is 0 Å². The van der Waals surface area contributed by atoms with Crippen LogP contribution in [0.5, 0.6) is 0 Å². The van der Waals surface area contributed by atoms with Gasteiger partial charge in [0.1, 0.15) is 0 Å². The SMILES string of the molecule is O=C(/C=C\CC(CC(=O)c1ccccc1)CC(=O)c1ccccc1)c1ccccc1. The molecule has 3 rings (SSSR count). The quantitative estimate of drug-likeness (QED) is 0.313. The van der Waals surface area contributed by atoms with Gasteiger partial charge in [0.15, 0.2) is 17.3 Å². The second kappa shape index (κ2) is 10.8. The molecule has 0 aliphatic heterocycles. The van der Waals surface area contributed by atoms with Crippen molar-refractivity contribution in [3.63, 3.8) is 0 Å². The van der Waals surface area contributed by atoms with Crippen LogP contribution in [0.3, 0.4) is 0 Å². The van der Waals surface area contributed by atoms with E-state index >= 15 is 0 Å². The first-order chi connectivity index (χ1) is 14.6. The second-order valence-electron chi connectivity index (χ2n) is 7.22. The first kappa shape index (κ1) is 21.1. The van der Waals surface area contributed by atoms with E-state index in [0.717, 1.165) is 0 Å². The van der Waals surface area contributed by atoms with E-state index in [-0.39, 0.29) is 36.1 Å². The molecule has 0 bridgehead atoms. The Balaban J connectivity index is 1.69. The predicted octanol–water partition coefficient (Wildman–Crippen LogP) is 5.98. The van der Waals surface area contributed by atoms with Gasteiger partial charge < -0.3 is 0 Å². The summed E-state index contributed by atoms with van der Waals surface area (Å²) in [5.74, 6) is -0.253. The highest BCUT2D eigenvalue weighted by Crippen LogP contribution is 2.21. The lowest BCUT2D eigenvalue weighted by Crippen LogP contribution is -2.13. The van der Waals surface area contributed by atoms with Crippen molar-refractivity contribution in [3.8, 4) is 0 Å². The Labute approximate surface area is 177 Å². The number of ketones is 3. The van der Waals surface area contributed by atoms with Crippen molar-refractivity contribution in [2.24, 2.45) is 5.92 Å². The lowest BCUT2D eigenvalue weighted by Gasteiger charge is -2.14. The maximum Gasteiger partial charge on any atom is 0.185 e. The molecule has 0 unspecified atom stereocenters. The Kier molecular flexibility index (Phi) is 7.62. The van der Waals surface area contributed by atoms with E-state index < -0.39 is 0 Å². The van der Waals surface area contributed by atoms with Gasteiger partial charge in [-0.1, -0.05) is 97.1 Å². The van der Waals surface area contributed by atoms with E-state index in [1.165, 1.54) is 6.08 Å². The van der Waals surface area contributed by atoms with E-state index in [0.29, 0.717) is 23.1 Å². The first-order valence-electron chi connectivity index (χ1n) is 10.1. The molecule has 0 spiro atoms. The van der Waals surface area contributed by atoms with Crippen LogP contribution >= 0.6 is 0 Å². The molecule has 0 fully saturated rings. The average molecular weight is 396 g/mol. The van der Waals surface area contributed by atoms with Crippen molar-refractivity contribution in [2.75, 3.05) is 0 Å². The molecule has 0 aliphatic carbocycles. The summed E-state index contributed by atoms with van der Waals surface area (Å²) in [5, 5.41) is 0. The van der Waals surface area contributed by atoms with E-state index in [1.807, 2.05) is 54.6 Å². The zero-order valence-electron chi connectivity index (χ0n) is 16.7. The molecular weight excluding hydrogens is 372 g/mol. The van der Waals surface area contributed by atoms with Gasteiger partial charge in [-0.3, -0.25) is 14.4 Å². The van der Waals surface area contributed by atoms with E-state index in [1.54, 1.807) is 42.5 Å². The Morgan fingerprint density at radius 2 is 1.00 bits per heavy atom. The zero-order chi connectivity index (χ0) is 21.2. The van der Waals surface area contributed by atoms with Gasteiger partial charge in [0.2, 0.25) is 0 Å². The highest BCUT2D eigenvalue weighted by Gasteiger charge is 2.19. The Morgan fingerprint density at radius 1 is 0.600 bits per heavy atom. The number of benzene rings is 3. The smallest absolute Gasteiger partial charge is 0.185 e. The summed E-state index contributed by atoms with van der Waals surface area (Å²) < 4.78 is 0. The molecule has 30 heavy (non-hydrogen) atoms. The van der Waals surface area contributed by atoms with Gasteiger partial charge in [-0.2, -0.15) is 0 Å². The van der Waals surface area contributed by atoms with Crippen LogP contribution in [-0.2, 0) is 0 Å². The van der Waals surface area contributed by atoms with Crippen molar-refractivity contribution < 1.29 is 14.4 Å². The van der Waals surface area contributed by atoms with Crippen molar-refractivity contribution >= 4 is 17.3 Å². The number of hydrogen-bond donors (Lipinski definition) is 0. The number of hydrogen-bond acceptors (Lipinski definition) is 3. The number of allylic oxidation sites excluding steroid dienone is 2. The third kappa shape index (κ3) is 6.21. The highest BCUT2D eigenvalue weighted by atomic mass is 16.1. The van der Waals surface area contributed by atoms with Gasteiger partial charge in [0.05, 0.1) is 0 Å². The third-order valence-corrected chi connectivity index (χ3v) is 4.94. The van der Waals surface area contributed by atoms with Crippen LogP contribution in [0.2, 0.25) is 0 Å². The Bertz CT molecular complexity index is 952. The largest absolute Gasteiger partial charge is 0.294 e. The molecule has 3 nitrogen and oxygen atoms in total. The molecular formula is C27H24O3. The fourth-order valence-corrected chi connectivity index (χ4v) is 3.31. The van der Waals surface area contributed by atoms with Crippen molar-refractivity contribution in [3.05, 3.63) is 120 Å². The molecule has 0 amide bonds. The van der Waals surface area contributed by atoms with Crippen LogP contribution in [0.1, 0.15) is 50.3 Å².